The van der Waals surface area contributed by atoms with E-state index in [2.05, 4.69) is 15.3 Å². The van der Waals surface area contributed by atoms with Gasteiger partial charge in [0.15, 0.2) is 0 Å². The number of aromatic carboxylic acids is 1. The van der Waals surface area contributed by atoms with Crippen LogP contribution in [0.25, 0.3) is 0 Å². The molecule has 2 aromatic heterocycles. The van der Waals surface area contributed by atoms with Gasteiger partial charge in [-0.2, -0.15) is 0 Å². The van der Waals surface area contributed by atoms with Crippen LogP contribution in [0, 0.1) is 13.8 Å². The van der Waals surface area contributed by atoms with E-state index in [9.17, 15) is 9.59 Å². The lowest BCUT2D eigenvalue weighted by Crippen LogP contribution is -2.15. The number of carboxylic acid groups (broad SMARTS) is 1. The average Bonchev–Trinajstić information content (AvgIpc) is 2.38. The van der Waals surface area contributed by atoms with Crippen LogP contribution < -0.4 is 5.32 Å². The molecule has 2 rings (SSSR count). The monoisotopic (exact) mass is 271 g/mol. The van der Waals surface area contributed by atoms with E-state index in [1.54, 1.807) is 19.1 Å². The summed E-state index contributed by atoms with van der Waals surface area (Å²) in [5.41, 5.74) is 2.15. The number of nitrogens with zero attached hydrogens (tertiary/aromatic N) is 2. The van der Waals surface area contributed by atoms with Crippen molar-refractivity contribution in [2.75, 3.05) is 5.32 Å². The third-order valence-corrected chi connectivity index (χ3v) is 2.71. The molecule has 0 radical (unpaired) electrons. The number of anilines is 1. The van der Waals surface area contributed by atoms with Gasteiger partial charge < -0.3 is 10.4 Å². The van der Waals surface area contributed by atoms with Crippen LogP contribution in [-0.2, 0) is 0 Å². The zero-order chi connectivity index (χ0) is 14.7. The Labute approximate surface area is 115 Å². The van der Waals surface area contributed by atoms with Gasteiger partial charge in [-0.1, -0.05) is 0 Å². The van der Waals surface area contributed by atoms with Crippen molar-refractivity contribution < 1.29 is 14.7 Å². The number of hydrogen-bond acceptors (Lipinski definition) is 4. The summed E-state index contributed by atoms with van der Waals surface area (Å²) in [6.07, 6.45) is 1.33. The van der Waals surface area contributed by atoms with E-state index in [1.165, 1.54) is 18.3 Å². The first kappa shape index (κ1) is 13.7. The molecule has 2 N–H and O–H groups in total. The standard InChI is InChI=1S/C14H13N3O3/c1-8-3-4-11(9(2)16-8)13(18)17-10-5-6-15-12(7-10)14(19)20/h3-7H,1-2H3,(H,19,20)(H,15,17,18). The molecule has 2 heterocycles. The molecule has 0 atom stereocenters. The molecule has 2 aromatic rings. The average molecular weight is 271 g/mol. The second-order valence-electron chi connectivity index (χ2n) is 4.27. The van der Waals surface area contributed by atoms with E-state index in [1.807, 2.05) is 6.92 Å². The van der Waals surface area contributed by atoms with Crippen LogP contribution in [-0.4, -0.2) is 27.0 Å². The molecule has 102 valence electrons. The van der Waals surface area contributed by atoms with Crippen molar-refractivity contribution in [3.8, 4) is 0 Å². The van der Waals surface area contributed by atoms with Gasteiger partial charge >= 0.3 is 5.97 Å². The predicted molar refractivity (Wildman–Crippen MR) is 72.9 cm³/mol. The summed E-state index contributed by atoms with van der Waals surface area (Å²) in [5.74, 6) is -1.48. The number of nitrogens with one attached hydrogen (secondary N) is 1. The Morgan fingerprint density at radius 1 is 1.20 bits per heavy atom. The molecule has 0 saturated carbocycles. The smallest absolute Gasteiger partial charge is 0.354 e. The van der Waals surface area contributed by atoms with E-state index in [4.69, 9.17) is 5.11 Å². The van der Waals surface area contributed by atoms with Gasteiger partial charge in [-0.15, -0.1) is 0 Å². The topological polar surface area (TPSA) is 92.2 Å². The number of carboxylic acids is 1. The Morgan fingerprint density at radius 3 is 2.60 bits per heavy atom. The Bertz CT molecular complexity index is 683. The third-order valence-electron chi connectivity index (χ3n) is 2.71. The molecule has 0 aliphatic heterocycles. The minimum Gasteiger partial charge on any atom is -0.477 e. The summed E-state index contributed by atoms with van der Waals surface area (Å²) >= 11 is 0. The van der Waals surface area contributed by atoms with Crippen molar-refractivity contribution in [3.05, 3.63) is 53.1 Å². The minimum atomic E-state index is -1.14. The zero-order valence-electron chi connectivity index (χ0n) is 11.0. The fourth-order valence-electron chi connectivity index (χ4n) is 1.75. The van der Waals surface area contributed by atoms with Gasteiger partial charge in [-0.05, 0) is 38.1 Å². The number of hydrogen-bond donors (Lipinski definition) is 2. The molecule has 6 nitrogen and oxygen atoms in total. The van der Waals surface area contributed by atoms with Gasteiger partial charge in [0.1, 0.15) is 5.69 Å². The summed E-state index contributed by atoms with van der Waals surface area (Å²) in [4.78, 5) is 30.8. The Kier molecular flexibility index (Phi) is 3.74. The van der Waals surface area contributed by atoms with E-state index < -0.39 is 5.97 Å². The van der Waals surface area contributed by atoms with Gasteiger partial charge in [0, 0.05) is 17.6 Å². The summed E-state index contributed by atoms with van der Waals surface area (Å²) in [5, 5.41) is 11.5. The highest BCUT2D eigenvalue weighted by molar-refractivity contribution is 6.05. The maximum Gasteiger partial charge on any atom is 0.354 e. The van der Waals surface area contributed by atoms with Crippen LogP contribution in [0.5, 0.6) is 0 Å². The summed E-state index contributed by atoms with van der Waals surface area (Å²) < 4.78 is 0. The number of aromatic nitrogens is 2. The second kappa shape index (κ2) is 5.48. The fraction of sp³-hybridized carbons (Fsp3) is 0.143. The van der Waals surface area contributed by atoms with Gasteiger partial charge in [-0.25, -0.2) is 9.78 Å². The van der Waals surface area contributed by atoms with Crippen LogP contribution >= 0.6 is 0 Å². The molecular formula is C14H13N3O3. The lowest BCUT2D eigenvalue weighted by atomic mass is 10.1. The molecular weight excluding hydrogens is 258 g/mol. The largest absolute Gasteiger partial charge is 0.477 e. The minimum absolute atomic E-state index is 0.124. The van der Waals surface area contributed by atoms with Gasteiger partial charge in [0.25, 0.3) is 5.91 Å². The lowest BCUT2D eigenvalue weighted by Gasteiger charge is -2.08. The second-order valence-corrected chi connectivity index (χ2v) is 4.27. The first-order valence-corrected chi connectivity index (χ1v) is 5.92. The van der Waals surface area contributed by atoms with Crippen LogP contribution in [0.1, 0.15) is 32.2 Å². The number of amides is 1. The number of pyridine rings is 2. The highest BCUT2D eigenvalue weighted by atomic mass is 16.4. The molecule has 0 fully saturated rings. The molecule has 6 heteroatoms. The van der Waals surface area contributed by atoms with Crippen molar-refractivity contribution in [1.82, 2.24) is 9.97 Å². The maximum absolute atomic E-state index is 12.1. The SMILES string of the molecule is Cc1ccc(C(=O)Nc2ccnc(C(=O)O)c2)c(C)n1. The van der Waals surface area contributed by atoms with E-state index >= 15 is 0 Å². The maximum atomic E-state index is 12.1. The zero-order valence-corrected chi connectivity index (χ0v) is 11.0. The number of carbonyl (C=O) groups is 2. The van der Waals surface area contributed by atoms with Crippen molar-refractivity contribution >= 4 is 17.6 Å². The molecule has 0 saturated heterocycles. The first-order valence-electron chi connectivity index (χ1n) is 5.92. The van der Waals surface area contributed by atoms with Crippen molar-refractivity contribution in [1.29, 1.82) is 0 Å². The summed E-state index contributed by atoms with van der Waals surface area (Å²) in [6.45, 7) is 3.59. The predicted octanol–water partition coefficient (Wildman–Crippen LogP) is 2.04. The fourth-order valence-corrected chi connectivity index (χ4v) is 1.75. The molecule has 0 aliphatic rings. The third kappa shape index (κ3) is 2.97. The number of rotatable bonds is 3. The highest BCUT2D eigenvalue weighted by Gasteiger charge is 2.12. The summed E-state index contributed by atoms with van der Waals surface area (Å²) in [7, 11) is 0. The van der Waals surface area contributed by atoms with Crippen LogP contribution in [0.15, 0.2) is 30.5 Å². The normalized spacial score (nSPS) is 10.1. The van der Waals surface area contributed by atoms with Gasteiger partial charge in [0.2, 0.25) is 0 Å². The molecule has 1 amide bonds. The van der Waals surface area contributed by atoms with E-state index in [-0.39, 0.29) is 11.6 Å². The molecule has 0 aliphatic carbocycles. The van der Waals surface area contributed by atoms with Crippen molar-refractivity contribution in [3.63, 3.8) is 0 Å². The van der Waals surface area contributed by atoms with E-state index in [0.29, 0.717) is 16.9 Å². The molecule has 0 unspecified atom stereocenters. The molecule has 0 spiro atoms. The Balaban J connectivity index is 2.23. The molecule has 0 bridgehead atoms. The van der Waals surface area contributed by atoms with Crippen molar-refractivity contribution in [2.24, 2.45) is 0 Å². The van der Waals surface area contributed by atoms with Crippen LogP contribution in [0.3, 0.4) is 0 Å². The van der Waals surface area contributed by atoms with Crippen LogP contribution in [0.4, 0.5) is 5.69 Å². The quantitative estimate of drug-likeness (QED) is 0.891. The first-order chi connectivity index (χ1) is 9.47. The van der Waals surface area contributed by atoms with Crippen LogP contribution in [0.2, 0.25) is 0 Å². The lowest BCUT2D eigenvalue weighted by molar-refractivity contribution is 0.0690. The number of aryl methyl sites for hydroxylation is 2. The van der Waals surface area contributed by atoms with E-state index in [0.717, 1.165) is 5.69 Å². The Morgan fingerprint density at radius 2 is 1.95 bits per heavy atom. The van der Waals surface area contributed by atoms with Gasteiger partial charge in [-0.3, -0.25) is 9.78 Å². The highest BCUT2D eigenvalue weighted by Crippen LogP contribution is 2.12. The number of carbonyl (C=O) groups excluding carboxylic acids is 1. The molecule has 0 aromatic carbocycles. The molecule has 20 heavy (non-hydrogen) atoms. The summed E-state index contributed by atoms with van der Waals surface area (Å²) in [6, 6.07) is 6.27. The Hall–Kier alpha value is -2.76. The van der Waals surface area contributed by atoms with Crippen molar-refractivity contribution in [2.45, 2.75) is 13.8 Å². The van der Waals surface area contributed by atoms with Gasteiger partial charge in [0.05, 0.1) is 11.3 Å².